The molecule has 1 aliphatic rings. The zero-order valence-corrected chi connectivity index (χ0v) is 20.3. The van der Waals surface area contributed by atoms with Crippen LogP contribution in [0.3, 0.4) is 0 Å². The Morgan fingerprint density at radius 3 is 2.06 bits per heavy atom. The fourth-order valence-electron chi connectivity index (χ4n) is 4.86. The summed E-state index contributed by atoms with van der Waals surface area (Å²) >= 11 is 0. The SMILES string of the molecule is CCCCCCc1ccc(C2CCC(C#Cc3ccc(CCCCC)cc3F)CC2)cc1. The Bertz CT molecular complexity index is 860. The van der Waals surface area contributed by atoms with E-state index < -0.39 is 0 Å². The Kier molecular flexibility index (Phi) is 10.3. The highest BCUT2D eigenvalue weighted by molar-refractivity contribution is 5.38. The molecule has 0 saturated heterocycles. The molecular formula is C31H41F. The minimum absolute atomic E-state index is 0.157. The van der Waals surface area contributed by atoms with Crippen LogP contribution in [0.5, 0.6) is 0 Å². The number of halogens is 1. The van der Waals surface area contributed by atoms with Gasteiger partial charge in [-0.05, 0) is 86.1 Å². The zero-order chi connectivity index (χ0) is 22.6. The molecule has 0 bridgehead atoms. The monoisotopic (exact) mass is 432 g/mol. The molecule has 0 atom stereocenters. The summed E-state index contributed by atoms with van der Waals surface area (Å²) in [6.07, 6.45) is 15.6. The summed E-state index contributed by atoms with van der Waals surface area (Å²) in [6.45, 7) is 4.46. The molecule has 0 unspecified atom stereocenters. The third-order valence-electron chi connectivity index (χ3n) is 7.01. The molecule has 172 valence electrons. The molecule has 0 radical (unpaired) electrons. The van der Waals surface area contributed by atoms with Crippen molar-refractivity contribution in [3.05, 3.63) is 70.5 Å². The van der Waals surface area contributed by atoms with Gasteiger partial charge in [0.25, 0.3) is 0 Å². The maximum absolute atomic E-state index is 14.4. The molecule has 1 aliphatic carbocycles. The lowest BCUT2D eigenvalue weighted by molar-refractivity contribution is 0.384. The molecule has 32 heavy (non-hydrogen) atoms. The van der Waals surface area contributed by atoms with Crippen molar-refractivity contribution in [1.82, 2.24) is 0 Å². The lowest BCUT2D eigenvalue weighted by atomic mass is 9.78. The Hall–Kier alpha value is -2.07. The molecule has 1 fully saturated rings. The minimum Gasteiger partial charge on any atom is -0.206 e. The summed E-state index contributed by atoms with van der Waals surface area (Å²) in [5.41, 5.74) is 4.61. The van der Waals surface area contributed by atoms with Crippen LogP contribution in [-0.2, 0) is 12.8 Å². The largest absolute Gasteiger partial charge is 0.206 e. The van der Waals surface area contributed by atoms with Crippen LogP contribution in [0.2, 0.25) is 0 Å². The van der Waals surface area contributed by atoms with E-state index in [9.17, 15) is 4.39 Å². The minimum atomic E-state index is -0.157. The van der Waals surface area contributed by atoms with Crippen molar-refractivity contribution in [1.29, 1.82) is 0 Å². The summed E-state index contributed by atoms with van der Waals surface area (Å²) in [4.78, 5) is 0. The maximum Gasteiger partial charge on any atom is 0.139 e. The second kappa shape index (κ2) is 13.5. The van der Waals surface area contributed by atoms with Gasteiger partial charge in [0.05, 0.1) is 5.56 Å². The second-order valence-corrected chi connectivity index (χ2v) is 9.64. The van der Waals surface area contributed by atoms with Gasteiger partial charge in [0.1, 0.15) is 5.82 Å². The van der Waals surface area contributed by atoms with Gasteiger partial charge in [-0.25, -0.2) is 4.39 Å². The fourth-order valence-corrected chi connectivity index (χ4v) is 4.86. The maximum atomic E-state index is 14.4. The lowest BCUT2D eigenvalue weighted by Gasteiger charge is -2.26. The van der Waals surface area contributed by atoms with E-state index in [4.69, 9.17) is 0 Å². The van der Waals surface area contributed by atoms with E-state index in [0.717, 1.165) is 31.2 Å². The van der Waals surface area contributed by atoms with Gasteiger partial charge in [0, 0.05) is 5.92 Å². The zero-order valence-electron chi connectivity index (χ0n) is 20.3. The van der Waals surface area contributed by atoms with Crippen LogP contribution in [0.25, 0.3) is 0 Å². The Morgan fingerprint density at radius 2 is 1.38 bits per heavy atom. The van der Waals surface area contributed by atoms with Crippen LogP contribution >= 0.6 is 0 Å². The number of hydrogen-bond donors (Lipinski definition) is 0. The van der Waals surface area contributed by atoms with Crippen molar-refractivity contribution in [3.8, 4) is 11.8 Å². The fraction of sp³-hybridized carbons (Fsp3) is 0.548. The molecule has 0 aliphatic heterocycles. The Labute approximate surface area is 196 Å². The van der Waals surface area contributed by atoms with Crippen LogP contribution in [-0.4, -0.2) is 0 Å². The topological polar surface area (TPSA) is 0 Å². The number of rotatable bonds is 10. The summed E-state index contributed by atoms with van der Waals surface area (Å²) in [5, 5.41) is 0. The molecule has 2 aromatic rings. The first-order valence-electron chi connectivity index (χ1n) is 13.1. The number of benzene rings is 2. The third-order valence-corrected chi connectivity index (χ3v) is 7.01. The molecule has 0 N–H and O–H groups in total. The summed E-state index contributed by atoms with van der Waals surface area (Å²) in [7, 11) is 0. The molecule has 2 aromatic carbocycles. The number of unbranched alkanes of at least 4 members (excludes halogenated alkanes) is 5. The second-order valence-electron chi connectivity index (χ2n) is 9.64. The van der Waals surface area contributed by atoms with Crippen molar-refractivity contribution in [2.45, 2.75) is 103 Å². The van der Waals surface area contributed by atoms with Gasteiger partial charge in [-0.1, -0.05) is 88.1 Å². The quantitative estimate of drug-likeness (QED) is 0.259. The van der Waals surface area contributed by atoms with Crippen molar-refractivity contribution in [3.63, 3.8) is 0 Å². The Balaban J connectivity index is 1.47. The van der Waals surface area contributed by atoms with E-state index >= 15 is 0 Å². The van der Waals surface area contributed by atoms with Crippen molar-refractivity contribution in [2.24, 2.45) is 5.92 Å². The molecular weight excluding hydrogens is 391 g/mol. The molecule has 0 amide bonds. The smallest absolute Gasteiger partial charge is 0.139 e. The molecule has 1 heteroatoms. The van der Waals surface area contributed by atoms with E-state index in [1.165, 1.54) is 68.9 Å². The highest BCUT2D eigenvalue weighted by atomic mass is 19.1. The highest BCUT2D eigenvalue weighted by Crippen LogP contribution is 2.35. The molecule has 3 rings (SSSR count). The van der Waals surface area contributed by atoms with E-state index in [2.05, 4.69) is 50.0 Å². The standard InChI is InChI=1S/C31H41F/c1-3-5-7-9-10-25-12-18-28(19-13-25)29-20-14-26(15-21-29)16-22-30-23-17-27(24-31(30)32)11-8-6-4-2/h12-13,17-19,23-24,26,29H,3-11,14-15,20-21H2,1-2H3. The van der Waals surface area contributed by atoms with E-state index in [-0.39, 0.29) is 5.82 Å². The molecule has 0 nitrogen and oxygen atoms in total. The third kappa shape index (κ3) is 7.81. The number of hydrogen-bond acceptors (Lipinski definition) is 0. The average Bonchev–Trinajstić information content (AvgIpc) is 2.82. The van der Waals surface area contributed by atoms with Gasteiger partial charge in [-0.2, -0.15) is 0 Å². The van der Waals surface area contributed by atoms with Gasteiger partial charge >= 0.3 is 0 Å². The predicted octanol–water partition coefficient (Wildman–Crippen LogP) is 9.01. The highest BCUT2D eigenvalue weighted by Gasteiger charge is 2.21. The first kappa shape index (κ1) is 24.6. The van der Waals surface area contributed by atoms with Gasteiger partial charge in [0.15, 0.2) is 0 Å². The van der Waals surface area contributed by atoms with Crippen molar-refractivity contribution >= 4 is 0 Å². The van der Waals surface area contributed by atoms with Gasteiger partial charge in [-0.3, -0.25) is 0 Å². The number of aryl methyl sites for hydroxylation is 2. The van der Waals surface area contributed by atoms with Crippen molar-refractivity contribution < 1.29 is 4.39 Å². The normalized spacial score (nSPS) is 18.2. The summed E-state index contributed by atoms with van der Waals surface area (Å²) in [6, 6.07) is 15.0. The first-order valence-corrected chi connectivity index (χ1v) is 13.1. The summed E-state index contributed by atoms with van der Waals surface area (Å²) < 4.78 is 14.4. The van der Waals surface area contributed by atoms with Gasteiger partial charge in [0.2, 0.25) is 0 Å². The van der Waals surface area contributed by atoms with E-state index in [1.807, 2.05) is 12.1 Å². The predicted molar refractivity (Wildman–Crippen MR) is 135 cm³/mol. The van der Waals surface area contributed by atoms with Crippen LogP contribution in [0.15, 0.2) is 42.5 Å². The van der Waals surface area contributed by atoms with Gasteiger partial charge in [-0.15, -0.1) is 0 Å². The van der Waals surface area contributed by atoms with Crippen molar-refractivity contribution in [2.75, 3.05) is 0 Å². The molecule has 1 saturated carbocycles. The lowest BCUT2D eigenvalue weighted by Crippen LogP contribution is -2.12. The van der Waals surface area contributed by atoms with E-state index in [1.54, 1.807) is 6.07 Å². The van der Waals surface area contributed by atoms with Gasteiger partial charge < -0.3 is 0 Å². The summed E-state index contributed by atoms with van der Waals surface area (Å²) in [5.74, 6) is 7.41. The van der Waals surface area contributed by atoms with Crippen LogP contribution in [0.4, 0.5) is 4.39 Å². The molecule has 0 aromatic heterocycles. The molecule has 0 heterocycles. The van der Waals surface area contributed by atoms with Crippen LogP contribution in [0.1, 0.15) is 113 Å². The first-order chi connectivity index (χ1) is 15.7. The average molecular weight is 433 g/mol. The molecule has 0 spiro atoms. The van der Waals surface area contributed by atoms with E-state index in [0.29, 0.717) is 17.4 Å². The Morgan fingerprint density at radius 1 is 0.750 bits per heavy atom. The van der Waals surface area contributed by atoms with Crippen LogP contribution in [0, 0.1) is 23.6 Å². The van der Waals surface area contributed by atoms with Crippen LogP contribution < -0.4 is 0 Å².